The molecule has 2 rings (SSSR count). The molecule has 1 nitrogen and oxygen atoms in total. The first-order valence-corrected chi connectivity index (χ1v) is 6.66. The maximum atomic E-state index is 4.24. The van der Waals surface area contributed by atoms with Gasteiger partial charge >= 0.3 is 0 Å². The summed E-state index contributed by atoms with van der Waals surface area (Å²) in [7, 11) is -0.265. The first-order chi connectivity index (χ1) is 5.75. The molecule has 2 aliphatic rings. The van der Waals surface area contributed by atoms with Crippen LogP contribution in [0.1, 0.15) is 0 Å². The summed E-state index contributed by atoms with van der Waals surface area (Å²) < 4.78 is 0. The Morgan fingerprint density at radius 1 is 1.33 bits per heavy atom. The maximum absolute atomic E-state index is 4.24. The Labute approximate surface area is 74.1 Å². The van der Waals surface area contributed by atoms with E-state index in [2.05, 4.69) is 42.0 Å². The van der Waals surface area contributed by atoms with Crippen LogP contribution in [0.15, 0.2) is 40.1 Å². The topological polar surface area (TPSA) is 12.4 Å². The smallest absolute Gasteiger partial charge is 0.0708 e. The molecule has 0 saturated heterocycles. The minimum Gasteiger partial charge on any atom is -0.256 e. The number of hydrogen-bond donors (Lipinski definition) is 0. The first kappa shape index (κ1) is 7.62. The van der Waals surface area contributed by atoms with Crippen molar-refractivity contribution >= 4 is 20.3 Å². The van der Waals surface area contributed by atoms with E-state index in [4.69, 9.17) is 0 Å². The van der Waals surface area contributed by atoms with E-state index in [-0.39, 0.29) is 8.41 Å². The molecule has 1 aliphatic heterocycles. The van der Waals surface area contributed by atoms with Crippen molar-refractivity contribution in [2.75, 3.05) is 0 Å². The van der Waals surface area contributed by atoms with Crippen LogP contribution >= 0.6 is 0 Å². The van der Waals surface area contributed by atoms with Crippen LogP contribution in [-0.2, 0) is 0 Å². The summed E-state index contributed by atoms with van der Waals surface area (Å²) in [4.78, 5) is 4.24. The van der Waals surface area contributed by atoms with Gasteiger partial charge in [-0.25, -0.2) is 0 Å². The zero-order valence-electron chi connectivity index (χ0n) is 7.33. The van der Waals surface area contributed by atoms with Crippen molar-refractivity contribution in [1.29, 1.82) is 0 Å². The third-order valence-electron chi connectivity index (χ3n) is 1.84. The number of nitrogens with zero attached hydrogens (tertiary/aromatic N) is 1. The van der Waals surface area contributed by atoms with Crippen LogP contribution in [0.4, 0.5) is 0 Å². The highest BCUT2D eigenvalue weighted by Crippen LogP contribution is 2.25. The lowest BCUT2D eigenvalue weighted by Crippen LogP contribution is -1.92. The Hall–Kier alpha value is -1.02. The molecule has 0 N–H and O–H groups in total. The van der Waals surface area contributed by atoms with Gasteiger partial charge in [0.2, 0.25) is 0 Å². The van der Waals surface area contributed by atoms with Gasteiger partial charge in [0.1, 0.15) is 0 Å². The van der Waals surface area contributed by atoms with Crippen LogP contribution in [0, 0.1) is 0 Å². The first-order valence-electron chi connectivity index (χ1n) is 4.09. The average molecular weight is 173 g/mol. The van der Waals surface area contributed by atoms with Gasteiger partial charge in [0.25, 0.3) is 0 Å². The fourth-order valence-corrected chi connectivity index (χ4v) is 2.23. The second kappa shape index (κ2) is 2.79. The van der Waals surface area contributed by atoms with Gasteiger partial charge in [-0.05, 0) is 23.8 Å². The molecule has 0 aromatic heterocycles. The normalized spacial score (nSPS) is 18.3. The molecule has 0 amide bonds. The molecular formula is C10H11NSi. The number of hydrogen-bond acceptors (Lipinski definition) is 1. The summed E-state index contributed by atoms with van der Waals surface area (Å²) in [6, 6.07) is 0. The van der Waals surface area contributed by atoms with E-state index in [0.29, 0.717) is 0 Å². The second-order valence-corrected chi connectivity index (χ2v) is 5.74. The molecule has 1 heterocycles. The van der Waals surface area contributed by atoms with E-state index in [0.717, 1.165) is 5.70 Å². The summed E-state index contributed by atoms with van der Waals surface area (Å²) in [5.41, 5.74) is 6.09. The molecule has 0 fully saturated rings. The summed E-state index contributed by atoms with van der Waals surface area (Å²) in [5, 5.41) is 0. The minimum atomic E-state index is -0.265. The van der Waals surface area contributed by atoms with E-state index < -0.39 is 0 Å². The molecule has 1 aliphatic carbocycles. The van der Waals surface area contributed by atoms with Crippen LogP contribution in [0.3, 0.4) is 0 Å². The van der Waals surface area contributed by atoms with Gasteiger partial charge in [-0.1, -0.05) is 18.8 Å². The van der Waals surface area contributed by atoms with Crippen LogP contribution in [0.5, 0.6) is 0 Å². The number of rotatable bonds is 1. The molecule has 0 aromatic rings. The largest absolute Gasteiger partial charge is 0.256 e. The molecular weight excluding hydrogens is 162 g/mol. The van der Waals surface area contributed by atoms with E-state index in [1.165, 1.54) is 11.1 Å². The Morgan fingerprint density at radius 3 is 2.83 bits per heavy atom. The SMILES string of the molecule is C[Si](C)=CC1=CC2=CC=NC2=C1. The molecule has 60 valence electrons. The fourth-order valence-electron chi connectivity index (χ4n) is 1.40. The summed E-state index contributed by atoms with van der Waals surface area (Å²) >= 11 is 0. The van der Waals surface area contributed by atoms with Crippen LogP contribution in [0.2, 0.25) is 13.1 Å². The predicted octanol–water partition coefficient (Wildman–Crippen LogP) is 1.96. The summed E-state index contributed by atoms with van der Waals surface area (Å²) in [5.74, 6) is 0. The number of aliphatic imine (C=N–C) groups is 1. The summed E-state index contributed by atoms with van der Waals surface area (Å²) in [6.45, 7) is 4.57. The lowest BCUT2D eigenvalue weighted by atomic mass is 10.2. The van der Waals surface area contributed by atoms with Crippen molar-refractivity contribution in [2.24, 2.45) is 4.99 Å². The zero-order chi connectivity index (χ0) is 8.55. The highest BCUT2D eigenvalue weighted by molar-refractivity contribution is 6.66. The van der Waals surface area contributed by atoms with E-state index in [9.17, 15) is 0 Å². The number of fused-ring (bicyclic) bond motifs is 1. The quantitative estimate of drug-likeness (QED) is 0.537. The highest BCUT2D eigenvalue weighted by Gasteiger charge is 2.11. The zero-order valence-corrected chi connectivity index (χ0v) is 8.33. The Morgan fingerprint density at radius 2 is 2.17 bits per heavy atom. The van der Waals surface area contributed by atoms with Gasteiger partial charge in [-0.15, -0.1) is 0 Å². The van der Waals surface area contributed by atoms with Crippen LogP contribution in [-0.4, -0.2) is 20.3 Å². The van der Waals surface area contributed by atoms with Gasteiger partial charge in [-0.3, -0.25) is 4.99 Å². The van der Waals surface area contributed by atoms with Crippen molar-refractivity contribution in [1.82, 2.24) is 0 Å². The average Bonchev–Trinajstić information content (AvgIpc) is 2.43. The third kappa shape index (κ3) is 1.30. The van der Waals surface area contributed by atoms with Gasteiger partial charge < -0.3 is 0 Å². The second-order valence-electron chi connectivity index (χ2n) is 3.30. The van der Waals surface area contributed by atoms with Crippen molar-refractivity contribution in [2.45, 2.75) is 13.1 Å². The maximum Gasteiger partial charge on any atom is 0.0708 e. The molecule has 12 heavy (non-hydrogen) atoms. The fraction of sp³-hybridized carbons (Fsp3) is 0.200. The van der Waals surface area contributed by atoms with Gasteiger partial charge in [0, 0.05) is 20.2 Å². The number of allylic oxidation sites excluding steroid dienone is 4. The summed E-state index contributed by atoms with van der Waals surface area (Å²) in [6.07, 6.45) is 8.29. The van der Waals surface area contributed by atoms with Crippen LogP contribution in [0.25, 0.3) is 0 Å². The van der Waals surface area contributed by atoms with E-state index >= 15 is 0 Å². The molecule has 0 spiro atoms. The Balaban J connectivity index is 2.31. The molecule has 0 radical (unpaired) electrons. The Bertz CT molecular complexity index is 363. The molecule has 0 unspecified atom stereocenters. The molecule has 0 aromatic carbocycles. The van der Waals surface area contributed by atoms with Crippen LogP contribution < -0.4 is 0 Å². The Kier molecular flexibility index (Phi) is 1.77. The van der Waals surface area contributed by atoms with Crippen molar-refractivity contribution in [3.63, 3.8) is 0 Å². The van der Waals surface area contributed by atoms with Crippen molar-refractivity contribution in [3.05, 3.63) is 35.1 Å². The van der Waals surface area contributed by atoms with E-state index in [1.807, 2.05) is 6.21 Å². The van der Waals surface area contributed by atoms with Gasteiger partial charge in [0.05, 0.1) is 5.70 Å². The monoisotopic (exact) mass is 173 g/mol. The van der Waals surface area contributed by atoms with Gasteiger partial charge in [0.15, 0.2) is 0 Å². The van der Waals surface area contributed by atoms with Gasteiger partial charge in [-0.2, -0.15) is 0 Å². The van der Waals surface area contributed by atoms with Crippen molar-refractivity contribution < 1.29 is 0 Å². The predicted molar refractivity (Wildman–Crippen MR) is 56.3 cm³/mol. The standard InChI is InChI=1S/C10H11NSi/c1-12(2)7-8-5-9-3-4-11-10(9)6-8/h3-7H,1-2H3. The van der Waals surface area contributed by atoms with E-state index in [1.54, 1.807) is 0 Å². The highest BCUT2D eigenvalue weighted by atomic mass is 28.2. The lowest BCUT2D eigenvalue weighted by molar-refractivity contribution is 1.43. The third-order valence-corrected chi connectivity index (χ3v) is 2.76. The molecule has 0 bridgehead atoms. The lowest BCUT2D eigenvalue weighted by Gasteiger charge is -1.87. The van der Waals surface area contributed by atoms with Crippen molar-refractivity contribution in [3.8, 4) is 0 Å². The molecule has 0 saturated carbocycles. The minimum absolute atomic E-state index is 0.265. The molecule has 0 atom stereocenters. The molecule has 2 heteroatoms.